The van der Waals surface area contributed by atoms with Gasteiger partial charge in [0.15, 0.2) is 0 Å². The lowest BCUT2D eigenvalue weighted by molar-refractivity contribution is -0.139. The molecule has 0 radical (unpaired) electrons. The van der Waals surface area contributed by atoms with E-state index < -0.39 is 5.72 Å². The Kier molecular flexibility index (Phi) is 4.48. The van der Waals surface area contributed by atoms with E-state index in [1.807, 2.05) is 36.1 Å². The number of fused-ring (bicyclic) bond motifs is 1. The monoisotopic (exact) mass is 383 g/mol. The SMILES string of the molecule is C[C@@H]1C[C@]2(Cc3ccc(-c4ccccc4)cc3)OC[C@@H](c3ccccc3)N2C1=O. The van der Waals surface area contributed by atoms with Crippen LogP contribution in [0.4, 0.5) is 0 Å². The third-order valence-corrected chi connectivity index (χ3v) is 6.27. The van der Waals surface area contributed by atoms with Gasteiger partial charge in [-0.05, 0) is 22.3 Å². The Morgan fingerprint density at radius 3 is 2.21 bits per heavy atom. The van der Waals surface area contributed by atoms with Gasteiger partial charge in [0, 0.05) is 18.8 Å². The van der Waals surface area contributed by atoms with Crippen LogP contribution < -0.4 is 0 Å². The van der Waals surface area contributed by atoms with Crippen molar-refractivity contribution in [1.82, 2.24) is 4.90 Å². The van der Waals surface area contributed by atoms with Gasteiger partial charge in [0.25, 0.3) is 0 Å². The third kappa shape index (κ3) is 3.16. The summed E-state index contributed by atoms with van der Waals surface area (Å²) in [6.07, 6.45) is 1.47. The first kappa shape index (κ1) is 18.1. The fourth-order valence-electron chi connectivity index (χ4n) is 4.87. The molecular formula is C26H25NO2. The Balaban J connectivity index is 1.43. The van der Waals surface area contributed by atoms with E-state index in [0.29, 0.717) is 6.61 Å². The molecule has 0 aromatic heterocycles. The number of rotatable bonds is 4. The first-order valence-electron chi connectivity index (χ1n) is 10.3. The van der Waals surface area contributed by atoms with Crippen LogP contribution in [0.3, 0.4) is 0 Å². The fourth-order valence-corrected chi connectivity index (χ4v) is 4.87. The van der Waals surface area contributed by atoms with Gasteiger partial charge in [0.05, 0.1) is 12.6 Å². The molecule has 29 heavy (non-hydrogen) atoms. The van der Waals surface area contributed by atoms with Gasteiger partial charge >= 0.3 is 0 Å². The Hall–Kier alpha value is -2.91. The summed E-state index contributed by atoms with van der Waals surface area (Å²) in [6.45, 7) is 2.58. The first-order chi connectivity index (χ1) is 14.2. The molecule has 3 heteroatoms. The number of nitrogens with zero attached hydrogens (tertiary/aromatic N) is 1. The molecule has 0 aliphatic carbocycles. The van der Waals surface area contributed by atoms with Crippen molar-refractivity contribution in [3.05, 3.63) is 96.1 Å². The standard InChI is InChI=1S/C26H25NO2/c1-19-16-26(17-20-12-14-22(15-13-20)21-8-4-2-5-9-21)27(25(19)28)24(18-29-26)23-10-6-3-7-11-23/h2-15,19,24H,16-18H2,1H3/t19-,24+,26-/m1/s1. The molecule has 2 fully saturated rings. The summed E-state index contributed by atoms with van der Waals surface area (Å²) in [4.78, 5) is 15.1. The van der Waals surface area contributed by atoms with Gasteiger partial charge in [-0.1, -0.05) is 91.9 Å². The van der Waals surface area contributed by atoms with Gasteiger partial charge in [-0.2, -0.15) is 0 Å². The van der Waals surface area contributed by atoms with Gasteiger partial charge in [0.2, 0.25) is 5.91 Å². The first-order valence-corrected chi connectivity index (χ1v) is 10.3. The minimum Gasteiger partial charge on any atom is -0.353 e. The molecule has 0 spiro atoms. The predicted molar refractivity (Wildman–Crippen MR) is 114 cm³/mol. The average Bonchev–Trinajstić information content (AvgIpc) is 3.24. The molecule has 2 heterocycles. The highest BCUT2D eigenvalue weighted by Crippen LogP contribution is 2.48. The van der Waals surface area contributed by atoms with E-state index >= 15 is 0 Å². The number of carbonyl (C=O) groups excluding carboxylic acids is 1. The highest BCUT2D eigenvalue weighted by molar-refractivity contribution is 5.82. The molecule has 2 saturated heterocycles. The highest BCUT2D eigenvalue weighted by Gasteiger charge is 2.57. The van der Waals surface area contributed by atoms with E-state index in [1.165, 1.54) is 16.7 Å². The van der Waals surface area contributed by atoms with Gasteiger partial charge < -0.3 is 9.64 Å². The van der Waals surface area contributed by atoms with Crippen molar-refractivity contribution in [2.45, 2.75) is 31.5 Å². The summed E-state index contributed by atoms with van der Waals surface area (Å²) < 4.78 is 6.40. The van der Waals surface area contributed by atoms with Crippen LogP contribution in [-0.2, 0) is 16.0 Å². The van der Waals surface area contributed by atoms with E-state index in [1.54, 1.807) is 0 Å². The quantitative estimate of drug-likeness (QED) is 0.617. The van der Waals surface area contributed by atoms with Gasteiger partial charge in [-0.3, -0.25) is 4.79 Å². The molecule has 5 rings (SSSR count). The average molecular weight is 383 g/mol. The van der Waals surface area contributed by atoms with Gasteiger partial charge in [0.1, 0.15) is 5.72 Å². The smallest absolute Gasteiger partial charge is 0.228 e. The van der Waals surface area contributed by atoms with Crippen LogP contribution in [0, 0.1) is 5.92 Å². The van der Waals surface area contributed by atoms with Crippen LogP contribution in [0.2, 0.25) is 0 Å². The number of benzene rings is 3. The lowest BCUT2D eigenvalue weighted by atomic mass is 9.95. The van der Waals surface area contributed by atoms with E-state index in [9.17, 15) is 4.79 Å². The van der Waals surface area contributed by atoms with Gasteiger partial charge in [-0.15, -0.1) is 0 Å². The Bertz CT molecular complexity index is 1000. The molecule has 1 amide bonds. The summed E-state index contributed by atoms with van der Waals surface area (Å²) in [5.74, 6) is 0.197. The zero-order valence-electron chi connectivity index (χ0n) is 16.6. The number of hydrogen-bond donors (Lipinski definition) is 0. The van der Waals surface area contributed by atoms with Crippen molar-refractivity contribution >= 4 is 5.91 Å². The van der Waals surface area contributed by atoms with Crippen molar-refractivity contribution in [3.63, 3.8) is 0 Å². The molecule has 3 aromatic carbocycles. The van der Waals surface area contributed by atoms with E-state index in [4.69, 9.17) is 4.74 Å². The minimum absolute atomic E-state index is 0.00255. The van der Waals surface area contributed by atoms with Crippen LogP contribution in [0.5, 0.6) is 0 Å². The van der Waals surface area contributed by atoms with Crippen molar-refractivity contribution < 1.29 is 9.53 Å². The second-order valence-corrected chi connectivity index (χ2v) is 8.24. The van der Waals surface area contributed by atoms with Crippen LogP contribution in [0.25, 0.3) is 11.1 Å². The van der Waals surface area contributed by atoms with Gasteiger partial charge in [-0.25, -0.2) is 0 Å². The van der Waals surface area contributed by atoms with Crippen molar-refractivity contribution in [3.8, 4) is 11.1 Å². The van der Waals surface area contributed by atoms with E-state index in [2.05, 4.69) is 60.7 Å². The Morgan fingerprint density at radius 1 is 0.897 bits per heavy atom. The molecule has 3 nitrogen and oxygen atoms in total. The normalized spacial score (nSPS) is 26.0. The molecule has 3 aromatic rings. The van der Waals surface area contributed by atoms with Crippen molar-refractivity contribution in [1.29, 1.82) is 0 Å². The van der Waals surface area contributed by atoms with Crippen molar-refractivity contribution in [2.75, 3.05) is 6.61 Å². The van der Waals surface area contributed by atoms with E-state index in [0.717, 1.165) is 18.4 Å². The highest BCUT2D eigenvalue weighted by atomic mass is 16.5. The third-order valence-electron chi connectivity index (χ3n) is 6.27. The maximum Gasteiger partial charge on any atom is 0.228 e. The topological polar surface area (TPSA) is 29.5 Å². The Labute approximate surface area is 171 Å². The minimum atomic E-state index is -0.536. The van der Waals surface area contributed by atoms with Crippen LogP contribution in [0.15, 0.2) is 84.9 Å². The molecule has 2 aliphatic heterocycles. The molecule has 146 valence electrons. The number of hydrogen-bond acceptors (Lipinski definition) is 2. The molecule has 3 atom stereocenters. The largest absolute Gasteiger partial charge is 0.353 e. The second-order valence-electron chi connectivity index (χ2n) is 8.24. The number of carbonyl (C=O) groups is 1. The van der Waals surface area contributed by atoms with Crippen molar-refractivity contribution in [2.24, 2.45) is 5.92 Å². The van der Waals surface area contributed by atoms with Crippen LogP contribution >= 0.6 is 0 Å². The lowest BCUT2D eigenvalue weighted by Gasteiger charge is -2.33. The predicted octanol–water partition coefficient (Wildman–Crippen LogP) is 5.23. The second kappa shape index (κ2) is 7.16. The summed E-state index contributed by atoms with van der Waals surface area (Å²) in [5, 5.41) is 0. The van der Waals surface area contributed by atoms with Crippen LogP contribution in [0.1, 0.15) is 30.5 Å². The number of ether oxygens (including phenoxy) is 1. The maximum absolute atomic E-state index is 13.1. The molecule has 2 aliphatic rings. The summed E-state index contributed by atoms with van der Waals surface area (Å²) in [6, 6.07) is 29.3. The summed E-state index contributed by atoms with van der Waals surface area (Å²) in [7, 11) is 0. The molecule has 0 bridgehead atoms. The van der Waals surface area contributed by atoms with E-state index in [-0.39, 0.29) is 17.9 Å². The maximum atomic E-state index is 13.1. The number of amides is 1. The lowest BCUT2D eigenvalue weighted by Crippen LogP contribution is -2.44. The summed E-state index contributed by atoms with van der Waals surface area (Å²) in [5.41, 5.74) is 4.23. The molecular weight excluding hydrogens is 358 g/mol. The van der Waals surface area contributed by atoms with Crippen LogP contribution in [-0.4, -0.2) is 23.1 Å². The zero-order valence-corrected chi connectivity index (χ0v) is 16.6. The summed E-state index contributed by atoms with van der Waals surface area (Å²) >= 11 is 0. The molecule has 0 N–H and O–H groups in total. The Morgan fingerprint density at radius 2 is 1.52 bits per heavy atom. The zero-order chi connectivity index (χ0) is 19.8. The fraction of sp³-hybridized carbons (Fsp3) is 0.269. The molecule has 0 saturated carbocycles. The molecule has 0 unspecified atom stereocenters.